The summed E-state index contributed by atoms with van der Waals surface area (Å²) in [6.45, 7) is 6.08. The van der Waals surface area contributed by atoms with Crippen LogP contribution in [0.2, 0.25) is 0 Å². The number of amides is 1. The van der Waals surface area contributed by atoms with Crippen LogP contribution in [-0.4, -0.2) is 53.9 Å². The van der Waals surface area contributed by atoms with Gasteiger partial charge in [-0.1, -0.05) is 0 Å². The zero-order chi connectivity index (χ0) is 24.3. The van der Waals surface area contributed by atoms with Crippen molar-refractivity contribution in [2.75, 3.05) is 20.2 Å². The quantitative estimate of drug-likeness (QED) is 0.607. The smallest absolute Gasteiger partial charge is 0.410 e. The molecule has 0 bridgehead atoms. The predicted molar refractivity (Wildman–Crippen MR) is 112 cm³/mol. The first kappa shape index (κ1) is 24.3. The Labute approximate surface area is 189 Å². The largest absolute Gasteiger partial charge is 0.490 e. The minimum atomic E-state index is -1.09. The van der Waals surface area contributed by atoms with Crippen molar-refractivity contribution in [3.63, 3.8) is 0 Å². The number of aromatic nitrogens is 1. The van der Waals surface area contributed by atoms with Gasteiger partial charge in [0.05, 0.1) is 12.7 Å². The molecule has 1 fully saturated rings. The number of rotatable bonds is 4. The summed E-state index contributed by atoms with van der Waals surface area (Å²) in [5.41, 5.74) is -2.26. The van der Waals surface area contributed by atoms with Gasteiger partial charge in [0.15, 0.2) is 0 Å². The molecule has 0 N–H and O–H groups in total. The molecule has 3 rings (SSSR count). The summed E-state index contributed by atoms with van der Waals surface area (Å²) in [4.78, 5) is 29.1. The number of hydrogen-bond donors (Lipinski definition) is 0. The molecule has 7 nitrogen and oxygen atoms in total. The molecule has 1 amide bonds. The van der Waals surface area contributed by atoms with E-state index >= 15 is 0 Å². The Morgan fingerprint density at radius 3 is 2.18 bits per heavy atom. The van der Waals surface area contributed by atoms with E-state index in [0.29, 0.717) is 25.9 Å². The number of ether oxygens (including phenoxy) is 3. The molecule has 0 radical (unpaired) electrons. The van der Waals surface area contributed by atoms with Crippen LogP contribution in [0.1, 0.15) is 44.1 Å². The van der Waals surface area contributed by atoms with Gasteiger partial charge in [0.25, 0.3) is 0 Å². The van der Waals surface area contributed by atoms with Gasteiger partial charge in [-0.3, -0.25) is 0 Å². The van der Waals surface area contributed by atoms with Crippen LogP contribution in [0.25, 0.3) is 11.3 Å². The number of esters is 1. The average Bonchev–Trinajstić information content (AvgIpc) is 2.73. The zero-order valence-corrected chi connectivity index (χ0v) is 18.8. The number of carbonyl (C=O) groups excluding carboxylic acids is 2. The van der Waals surface area contributed by atoms with Gasteiger partial charge < -0.3 is 19.1 Å². The lowest BCUT2D eigenvalue weighted by atomic mass is 10.1. The summed E-state index contributed by atoms with van der Waals surface area (Å²) in [6.07, 6.45) is 0.0976. The van der Waals surface area contributed by atoms with Crippen LogP contribution < -0.4 is 4.74 Å². The fraction of sp³-hybridized carbons (Fsp3) is 0.435. The molecule has 0 atom stereocenters. The summed E-state index contributed by atoms with van der Waals surface area (Å²) in [5, 5.41) is 0. The van der Waals surface area contributed by atoms with Crippen LogP contribution in [0.3, 0.4) is 0 Å². The van der Waals surface area contributed by atoms with Gasteiger partial charge in [-0.25, -0.2) is 27.7 Å². The van der Waals surface area contributed by atoms with Crippen molar-refractivity contribution < 1.29 is 37.0 Å². The van der Waals surface area contributed by atoms with E-state index in [-0.39, 0.29) is 17.5 Å². The highest BCUT2D eigenvalue weighted by atomic mass is 19.1. The van der Waals surface area contributed by atoms with E-state index in [1.807, 2.05) is 0 Å². The van der Waals surface area contributed by atoms with Gasteiger partial charge in [-0.05, 0) is 32.9 Å². The van der Waals surface area contributed by atoms with Crippen molar-refractivity contribution >= 4 is 12.1 Å². The lowest BCUT2D eigenvalue weighted by molar-refractivity contribution is 0.0126. The molecule has 10 heteroatoms. The number of nitrogens with zero attached hydrogens (tertiary/aromatic N) is 2. The monoisotopic (exact) mass is 466 g/mol. The fourth-order valence-electron chi connectivity index (χ4n) is 3.36. The molecular weight excluding hydrogens is 441 g/mol. The minimum absolute atomic E-state index is 0.0750. The Morgan fingerprint density at radius 2 is 1.64 bits per heavy atom. The highest BCUT2D eigenvalue weighted by molar-refractivity contribution is 5.87. The van der Waals surface area contributed by atoms with E-state index in [9.17, 15) is 22.8 Å². The first-order valence-electron chi connectivity index (χ1n) is 10.4. The predicted octanol–water partition coefficient (Wildman–Crippen LogP) is 4.73. The van der Waals surface area contributed by atoms with Crippen molar-refractivity contribution in [2.45, 2.75) is 45.3 Å². The number of halogens is 3. The second-order valence-electron chi connectivity index (χ2n) is 8.57. The first-order chi connectivity index (χ1) is 15.5. The average molecular weight is 466 g/mol. The highest BCUT2D eigenvalue weighted by Crippen LogP contribution is 2.32. The summed E-state index contributed by atoms with van der Waals surface area (Å²) in [6, 6.07) is 3.81. The SMILES string of the molecule is COC(=O)c1ccc(F)c(-c2c(F)cc(OC3CCN(C(=O)OC(C)(C)C)CC3)cc2F)n1. The number of hydrogen-bond acceptors (Lipinski definition) is 6. The van der Waals surface area contributed by atoms with E-state index < -0.39 is 46.4 Å². The van der Waals surface area contributed by atoms with Crippen LogP contribution in [0.5, 0.6) is 5.75 Å². The molecule has 1 aromatic carbocycles. The third-order valence-corrected chi connectivity index (χ3v) is 4.89. The number of benzene rings is 1. The Morgan fingerprint density at radius 1 is 1.03 bits per heavy atom. The van der Waals surface area contributed by atoms with Gasteiger partial charge in [-0.15, -0.1) is 0 Å². The Balaban J connectivity index is 1.72. The summed E-state index contributed by atoms with van der Waals surface area (Å²) in [5.74, 6) is -4.12. The Hall–Kier alpha value is -3.30. The minimum Gasteiger partial charge on any atom is -0.490 e. The van der Waals surface area contributed by atoms with Gasteiger partial charge in [0.2, 0.25) is 0 Å². The molecular formula is C23H25F3N2O5. The fourth-order valence-corrected chi connectivity index (χ4v) is 3.36. The third kappa shape index (κ3) is 5.94. The van der Waals surface area contributed by atoms with Gasteiger partial charge in [-0.2, -0.15) is 0 Å². The summed E-state index contributed by atoms with van der Waals surface area (Å²) in [7, 11) is 1.11. The molecule has 0 spiro atoms. The summed E-state index contributed by atoms with van der Waals surface area (Å²) >= 11 is 0. The van der Waals surface area contributed by atoms with Crippen LogP contribution >= 0.6 is 0 Å². The van der Waals surface area contributed by atoms with E-state index in [1.165, 1.54) is 0 Å². The maximum Gasteiger partial charge on any atom is 0.410 e. The van der Waals surface area contributed by atoms with Crippen molar-refractivity contribution in [1.29, 1.82) is 0 Å². The van der Waals surface area contributed by atoms with Crippen molar-refractivity contribution in [3.05, 3.63) is 47.4 Å². The maximum absolute atomic E-state index is 14.8. The zero-order valence-electron chi connectivity index (χ0n) is 18.8. The second-order valence-corrected chi connectivity index (χ2v) is 8.57. The van der Waals surface area contributed by atoms with Crippen LogP contribution in [0.15, 0.2) is 24.3 Å². The van der Waals surface area contributed by atoms with E-state index in [0.717, 1.165) is 31.4 Å². The molecule has 1 aliphatic rings. The maximum atomic E-state index is 14.8. The molecule has 2 heterocycles. The lowest BCUT2D eigenvalue weighted by Crippen LogP contribution is -2.44. The first-order valence-corrected chi connectivity index (χ1v) is 10.4. The van der Waals surface area contributed by atoms with Crippen molar-refractivity contribution in [2.24, 2.45) is 0 Å². The Kier molecular flexibility index (Phi) is 7.14. The van der Waals surface area contributed by atoms with E-state index in [1.54, 1.807) is 25.7 Å². The number of likely N-dealkylation sites (tertiary alicyclic amines) is 1. The van der Waals surface area contributed by atoms with Crippen molar-refractivity contribution in [3.8, 4) is 17.0 Å². The van der Waals surface area contributed by atoms with Crippen LogP contribution in [-0.2, 0) is 9.47 Å². The number of methoxy groups -OCH3 is 1. The third-order valence-electron chi connectivity index (χ3n) is 4.89. The molecule has 2 aromatic rings. The van der Waals surface area contributed by atoms with Gasteiger partial charge in [0, 0.05) is 38.1 Å². The molecule has 0 unspecified atom stereocenters. The topological polar surface area (TPSA) is 78.0 Å². The summed E-state index contributed by atoms with van der Waals surface area (Å²) < 4.78 is 59.3. The van der Waals surface area contributed by atoms with E-state index in [2.05, 4.69) is 9.72 Å². The molecule has 0 saturated carbocycles. The molecule has 1 aromatic heterocycles. The molecule has 178 valence electrons. The normalized spacial score (nSPS) is 14.7. The number of piperidine rings is 1. The van der Waals surface area contributed by atoms with Crippen LogP contribution in [0.4, 0.5) is 18.0 Å². The van der Waals surface area contributed by atoms with Gasteiger partial charge >= 0.3 is 12.1 Å². The Bertz CT molecular complexity index is 1020. The second kappa shape index (κ2) is 9.68. The van der Waals surface area contributed by atoms with Gasteiger partial charge in [0.1, 0.15) is 46.3 Å². The number of carbonyl (C=O) groups is 2. The van der Waals surface area contributed by atoms with Crippen molar-refractivity contribution in [1.82, 2.24) is 9.88 Å². The van der Waals surface area contributed by atoms with Crippen LogP contribution in [0, 0.1) is 17.5 Å². The molecule has 1 saturated heterocycles. The number of pyridine rings is 1. The standard InChI is InChI=1S/C23H25F3N2O5/c1-23(2,3)33-22(30)28-9-7-13(8-10-28)32-14-11-16(25)19(17(26)12-14)20-15(24)5-6-18(27-20)21(29)31-4/h5-6,11-13H,7-10H2,1-4H3. The highest BCUT2D eigenvalue weighted by Gasteiger charge is 2.28. The lowest BCUT2D eigenvalue weighted by Gasteiger charge is -2.33. The molecule has 1 aliphatic heterocycles. The van der Waals surface area contributed by atoms with E-state index in [4.69, 9.17) is 9.47 Å². The molecule has 33 heavy (non-hydrogen) atoms. The molecule has 0 aliphatic carbocycles.